The summed E-state index contributed by atoms with van der Waals surface area (Å²) < 4.78 is 26.6. The van der Waals surface area contributed by atoms with E-state index in [1.54, 1.807) is 0 Å². The first-order valence-electron chi connectivity index (χ1n) is 8.58. The number of nitrogens with zero attached hydrogens (tertiary/aromatic N) is 3. The number of benzene rings is 1. The Balaban J connectivity index is 1.89. The predicted octanol–water partition coefficient (Wildman–Crippen LogP) is 0.817. The van der Waals surface area contributed by atoms with Crippen LogP contribution in [-0.4, -0.2) is 67.7 Å². The number of nitro benzene ring substituents is 1. The minimum atomic E-state index is -3.69. The van der Waals surface area contributed by atoms with Gasteiger partial charge in [0.05, 0.1) is 16.4 Å². The molecular weight excluding hydrogens is 360 g/mol. The van der Waals surface area contributed by atoms with Gasteiger partial charge in [-0.3, -0.25) is 19.8 Å². The molecule has 0 bridgehead atoms. The highest BCUT2D eigenvalue weighted by molar-refractivity contribution is 7.89. The maximum absolute atomic E-state index is 12.6. The molecule has 0 unspecified atom stereocenters. The summed E-state index contributed by atoms with van der Waals surface area (Å²) in [4.78, 5) is 23.9. The summed E-state index contributed by atoms with van der Waals surface area (Å²) in [5.41, 5.74) is -0.150. The van der Waals surface area contributed by atoms with Crippen LogP contribution in [0.2, 0.25) is 0 Å². The maximum atomic E-state index is 12.6. The topological polar surface area (TPSA) is 113 Å². The van der Waals surface area contributed by atoms with Crippen LogP contribution in [0.1, 0.15) is 19.8 Å². The molecule has 1 amide bonds. The van der Waals surface area contributed by atoms with E-state index in [4.69, 9.17) is 0 Å². The SMILES string of the molecule is CCCCNC(=O)CN1CCN(S(=O)(=O)c2ccc([N+](=O)[O-])cc2)CC1. The van der Waals surface area contributed by atoms with Crippen LogP contribution in [0, 0.1) is 10.1 Å². The van der Waals surface area contributed by atoms with Gasteiger partial charge in [-0.25, -0.2) is 8.42 Å². The highest BCUT2D eigenvalue weighted by Gasteiger charge is 2.29. The van der Waals surface area contributed by atoms with E-state index >= 15 is 0 Å². The number of nitro groups is 1. The van der Waals surface area contributed by atoms with E-state index in [0.717, 1.165) is 12.8 Å². The largest absolute Gasteiger partial charge is 0.355 e. The minimum Gasteiger partial charge on any atom is -0.355 e. The zero-order chi connectivity index (χ0) is 19.2. The van der Waals surface area contributed by atoms with Crippen molar-refractivity contribution in [3.63, 3.8) is 0 Å². The number of amides is 1. The van der Waals surface area contributed by atoms with E-state index in [0.29, 0.717) is 19.6 Å². The Hall–Kier alpha value is -2.04. The first kappa shape index (κ1) is 20.3. The molecule has 10 heteroatoms. The lowest BCUT2D eigenvalue weighted by Crippen LogP contribution is -2.51. The number of hydrogen-bond acceptors (Lipinski definition) is 6. The standard InChI is InChI=1S/C16H24N4O5S/c1-2-3-8-17-16(21)13-18-9-11-19(12-10-18)26(24,25)15-6-4-14(5-7-15)20(22)23/h4-7H,2-3,8-13H2,1H3,(H,17,21). The first-order chi connectivity index (χ1) is 12.3. The first-order valence-corrected chi connectivity index (χ1v) is 10.0. The van der Waals surface area contributed by atoms with Gasteiger partial charge in [-0.2, -0.15) is 4.31 Å². The summed E-state index contributed by atoms with van der Waals surface area (Å²) >= 11 is 0. The minimum absolute atomic E-state index is 0.0360. The zero-order valence-corrected chi connectivity index (χ0v) is 15.6. The van der Waals surface area contributed by atoms with Gasteiger partial charge < -0.3 is 5.32 Å². The van der Waals surface area contributed by atoms with E-state index in [9.17, 15) is 23.3 Å². The number of piperazine rings is 1. The van der Waals surface area contributed by atoms with Crippen LogP contribution in [0.5, 0.6) is 0 Å². The average molecular weight is 384 g/mol. The van der Waals surface area contributed by atoms with Crippen molar-refractivity contribution in [2.75, 3.05) is 39.3 Å². The van der Waals surface area contributed by atoms with Crippen LogP contribution in [-0.2, 0) is 14.8 Å². The molecule has 2 rings (SSSR count). The Morgan fingerprint density at radius 1 is 1.19 bits per heavy atom. The second-order valence-electron chi connectivity index (χ2n) is 6.13. The molecule has 1 fully saturated rings. The Kier molecular flexibility index (Phi) is 7.06. The Labute approximate surface area is 153 Å². The molecular formula is C16H24N4O5S. The molecule has 9 nitrogen and oxygen atoms in total. The molecule has 1 aliphatic rings. The molecule has 26 heavy (non-hydrogen) atoms. The third-order valence-corrected chi connectivity index (χ3v) is 6.15. The summed E-state index contributed by atoms with van der Waals surface area (Å²) in [6.45, 7) is 4.46. The molecule has 0 radical (unpaired) electrons. The molecule has 1 aliphatic heterocycles. The molecule has 1 saturated heterocycles. The van der Waals surface area contributed by atoms with Crippen molar-refractivity contribution in [1.82, 2.24) is 14.5 Å². The number of carbonyl (C=O) groups excluding carboxylic acids is 1. The number of non-ortho nitro benzene ring substituents is 1. The van der Waals surface area contributed by atoms with Crippen molar-refractivity contribution >= 4 is 21.6 Å². The molecule has 0 aliphatic carbocycles. The van der Waals surface area contributed by atoms with E-state index < -0.39 is 14.9 Å². The summed E-state index contributed by atoms with van der Waals surface area (Å²) in [5.74, 6) is -0.0508. The lowest BCUT2D eigenvalue weighted by Gasteiger charge is -2.33. The molecule has 144 valence electrons. The molecule has 1 aromatic carbocycles. The van der Waals surface area contributed by atoms with Crippen molar-refractivity contribution < 1.29 is 18.1 Å². The Bertz CT molecular complexity index is 728. The highest BCUT2D eigenvalue weighted by atomic mass is 32.2. The summed E-state index contributed by atoms with van der Waals surface area (Å²) in [7, 11) is -3.69. The van der Waals surface area contributed by atoms with Crippen LogP contribution < -0.4 is 5.32 Å². The van der Waals surface area contributed by atoms with Crippen LogP contribution in [0.4, 0.5) is 5.69 Å². The van der Waals surface area contributed by atoms with Crippen molar-refractivity contribution in [3.05, 3.63) is 34.4 Å². The van der Waals surface area contributed by atoms with Gasteiger partial charge in [0, 0.05) is 44.9 Å². The van der Waals surface area contributed by atoms with Gasteiger partial charge in [0.2, 0.25) is 15.9 Å². The fraction of sp³-hybridized carbons (Fsp3) is 0.562. The smallest absolute Gasteiger partial charge is 0.269 e. The van der Waals surface area contributed by atoms with Gasteiger partial charge in [0.15, 0.2) is 0 Å². The molecule has 0 spiro atoms. The molecule has 0 atom stereocenters. The number of sulfonamides is 1. The van der Waals surface area contributed by atoms with E-state index in [-0.39, 0.29) is 36.1 Å². The van der Waals surface area contributed by atoms with Crippen LogP contribution in [0.15, 0.2) is 29.2 Å². The summed E-state index contributed by atoms with van der Waals surface area (Å²) in [6.07, 6.45) is 1.95. The average Bonchev–Trinajstić information content (AvgIpc) is 2.62. The van der Waals surface area contributed by atoms with Gasteiger partial charge >= 0.3 is 0 Å². The molecule has 1 heterocycles. The second kappa shape index (κ2) is 9.06. The lowest BCUT2D eigenvalue weighted by atomic mass is 10.3. The normalized spacial score (nSPS) is 16.3. The van der Waals surface area contributed by atoms with Crippen molar-refractivity contribution in [2.24, 2.45) is 0 Å². The lowest BCUT2D eigenvalue weighted by molar-refractivity contribution is -0.384. The molecule has 1 aromatic rings. The van der Waals surface area contributed by atoms with E-state index in [1.807, 2.05) is 4.90 Å². The van der Waals surface area contributed by atoms with E-state index in [1.165, 1.54) is 28.6 Å². The fourth-order valence-electron chi connectivity index (χ4n) is 2.68. The third kappa shape index (κ3) is 5.23. The number of unbranched alkanes of at least 4 members (excludes halogenated alkanes) is 1. The molecule has 0 aromatic heterocycles. The van der Waals surface area contributed by atoms with E-state index in [2.05, 4.69) is 12.2 Å². The molecule has 0 saturated carbocycles. The Morgan fingerprint density at radius 2 is 1.81 bits per heavy atom. The summed E-state index contributed by atoms with van der Waals surface area (Å²) in [5, 5.41) is 13.5. The number of carbonyl (C=O) groups is 1. The quantitative estimate of drug-likeness (QED) is 0.403. The van der Waals surface area contributed by atoms with Crippen molar-refractivity contribution in [3.8, 4) is 0 Å². The van der Waals surface area contributed by atoms with Crippen molar-refractivity contribution in [1.29, 1.82) is 0 Å². The van der Waals surface area contributed by atoms with Gasteiger partial charge in [-0.1, -0.05) is 13.3 Å². The second-order valence-corrected chi connectivity index (χ2v) is 8.07. The zero-order valence-electron chi connectivity index (χ0n) is 14.8. The van der Waals surface area contributed by atoms with Gasteiger partial charge in [0.1, 0.15) is 0 Å². The third-order valence-electron chi connectivity index (χ3n) is 4.24. The summed E-state index contributed by atoms with van der Waals surface area (Å²) in [6, 6.07) is 4.87. The van der Waals surface area contributed by atoms with Crippen molar-refractivity contribution in [2.45, 2.75) is 24.7 Å². The number of hydrogen-bond donors (Lipinski definition) is 1. The van der Waals surface area contributed by atoms with Gasteiger partial charge in [0.25, 0.3) is 5.69 Å². The number of rotatable bonds is 8. The maximum Gasteiger partial charge on any atom is 0.269 e. The van der Waals surface area contributed by atoms with Gasteiger partial charge in [-0.05, 0) is 18.6 Å². The molecule has 1 N–H and O–H groups in total. The Morgan fingerprint density at radius 3 is 2.35 bits per heavy atom. The number of nitrogens with one attached hydrogen (secondary N) is 1. The van der Waals surface area contributed by atoms with Crippen LogP contribution in [0.25, 0.3) is 0 Å². The van der Waals surface area contributed by atoms with Crippen LogP contribution >= 0.6 is 0 Å². The fourth-order valence-corrected chi connectivity index (χ4v) is 4.10. The predicted molar refractivity (Wildman–Crippen MR) is 96.2 cm³/mol. The highest BCUT2D eigenvalue weighted by Crippen LogP contribution is 2.20. The van der Waals surface area contributed by atoms with Gasteiger partial charge in [-0.15, -0.1) is 0 Å². The monoisotopic (exact) mass is 384 g/mol. The van der Waals surface area contributed by atoms with Crippen LogP contribution in [0.3, 0.4) is 0 Å².